The minimum absolute atomic E-state index is 0.260. The van der Waals surface area contributed by atoms with E-state index in [9.17, 15) is 0 Å². The van der Waals surface area contributed by atoms with Crippen molar-refractivity contribution in [1.29, 1.82) is 0 Å². The zero-order valence-corrected chi connectivity index (χ0v) is 9.86. The molecule has 3 nitrogen and oxygen atoms in total. The van der Waals surface area contributed by atoms with Crippen LogP contribution in [0.15, 0.2) is 12.2 Å². The molecular formula is C13H21NO2. The van der Waals surface area contributed by atoms with Crippen molar-refractivity contribution in [1.82, 2.24) is 4.90 Å². The number of likely N-dealkylation sites (tertiary alicyclic amines) is 1. The summed E-state index contributed by atoms with van der Waals surface area (Å²) in [6.45, 7) is 3.70. The van der Waals surface area contributed by atoms with E-state index in [0.29, 0.717) is 6.04 Å². The maximum atomic E-state index is 5.81. The van der Waals surface area contributed by atoms with Gasteiger partial charge in [-0.15, -0.1) is 0 Å². The van der Waals surface area contributed by atoms with Gasteiger partial charge in [0.15, 0.2) is 5.79 Å². The molecule has 0 radical (unpaired) electrons. The zero-order valence-electron chi connectivity index (χ0n) is 9.86. The first-order valence-electron chi connectivity index (χ1n) is 6.57. The molecule has 0 aromatic rings. The lowest BCUT2D eigenvalue weighted by Crippen LogP contribution is -2.52. The van der Waals surface area contributed by atoms with Crippen LogP contribution >= 0.6 is 0 Å². The van der Waals surface area contributed by atoms with E-state index in [1.54, 1.807) is 0 Å². The Bertz CT molecular complexity index is 271. The summed E-state index contributed by atoms with van der Waals surface area (Å²) < 4.78 is 11.6. The molecule has 2 heterocycles. The van der Waals surface area contributed by atoms with E-state index in [0.717, 1.165) is 26.2 Å². The molecule has 2 saturated heterocycles. The van der Waals surface area contributed by atoms with Gasteiger partial charge in [-0.1, -0.05) is 12.2 Å². The molecule has 0 N–H and O–H groups in total. The molecule has 2 aliphatic heterocycles. The molecule has 3 aliphatic rings. The molecule has 1 unspecified atom stereocenters. The van der Waals surface area contributed by atoms with Crippen LogP contribution in [0.3, 0.4) is 0 Å². The van der Waals surface area contributed by atoms with Crippen LogP contribution in [-0.4, -0.2) is 43.0 Å². The van der Waals surface area contributed by atoms with Crippen LogP contribution in [0.5, 0.6) is 0 Å². The summed E-state index contributed by atoms with van der Waals surface area (Å²) >= 11 is 0. The van der Waals surface area contributed by atoms with Gasteiger partial charge in [-0.25, -0.2) is 0 Å². The molecule has 90 valence electrons. The van der Waals surface area contributed by atoms with E-state index < -0.39 is 0 Å². The van der Waals surface area contributed by atoms with Gasteiger partial charge in [0.05, 0.1) is 19.8 Å². The highest BCUT2D eigenvalue weighted by atomic mass is 16.7. The molecule has 1 atom stereocenters. The van der Waals surface area contributed by atoms with E-state index in [4.69, 9.17) is 9.47 Å². The van der Waals surface area contributed by atoms with Crippen molar-refractivity contribution in [3.8, 4) is 0 Å². The van der Waals surface area contributed by atoms with Crippen molar-refractivity contribution < 1.29 is 9.47 Å². The summed E-state index contributed by atoms with van der Waals surface area (Å²) in [5.41, 5.74) is 0. The lowest BCUT2D eigenvalue weighted by atomic mass is 9.97. The SMILES string of the molecule is C1=CC(N2CCCC3(C2)OCCO3)CCC1. The monoisotopic (exact) mass is 223 g/mol. The number of piperidine rings is 1. The van der Waals surface area contributed by atoms with E-state index in [1.807, 2.05) is 0 Å². The Morgan fingerprint density at radius 3 is 2.81 bits per heavy atom. The normalized spacial score (nSPS) is 34.6. The van der Waals surface area contributed by atoms with Crippen molar-refractivity contribution in [2.24, 2.45) is 0 Å². The van der Waals surface area contributed by atoms with Gasteiger partial charge in [0.1, 0.15) is 0 Å². The number of hydrogen-bond acceptors (Lipinski definition) is 3. The molecule has 1 aliphatic carbocycles. The smallest absolute Gasteiger partial charge is 0.181 e. The van der Waals surface area contributed by atoms with Gasteiger partial charge < -0.3 is 9.47 Å². The highest BCUT2D eigenvalue weighted by molar-refractivity contribution is 5.00. The molecule has 0 amide bonds. The summed E-state index contributed by atoms with van der Waals surface area (Å²) in [5, 5.41) is 0. The molecule has 0 aromatic heterocycles. The minimum atomic E-state index is -0.260. The van der Waals surface area contributed by atoms with Crippen molar-refractivity contribution in [2.75, 3.05) is 26.3 Å². The number of nitrogens with zero attached hydrogens (tertiary/aromatic N) is 1. The number of ether oxygens (including phenoxy) is 2. The second kappa shape index (κ2) is 4.47. The number of rotatable bonds is 1. The van der Waals surface area contributed by atoms with Crippen LogP contribution in [0.25, 0.3) is 0 Å². The van der Waals surface area contributed by atoms with E-state index in [2.05, 4.69) is 17.1 Å². The molecule has 0 saturated carbocycles. The Hall–Kier alpha value is -0.380. The van der Waals surface area contributed by atoms with Gasteiger partial charge in [-0.05, 0) is 32.2 Å². The van der Waals surface area contributed by atoms with E-state index >= 15 is 0 Å². The second-order valence-electron chi connectivity index (χ2n) is 5.11. The highest BCUT2D eigenvalue weighted by Crippen LogP contribution is 2.32. The fraction of sp³-hybridized carbons (Fsp3) is 0.846. The van der Waals surface area contributed by atoms with Crippen molar-refractivity contribution >= 4 is 0 Å². The Balaban J connectivity index is 1.67. The van der Waals surface area contributed by atoms with Crippen molar-refractivity contribution in [3.05, 3.63) is 12.2 Å². The second-order valence-corrected chi connectivity index (χ2v) is 5.11. The summed E-state index contributed by atoms with van der Waals surface area (Å²) in [5.74, 6) is -0.260. The largest absolute Gasteiger partial charge is 0.346 e. The van der Waals surface area contributed by atoms with Gasteiger partial charge >= 0.3 is 0 Å². The van der Waals surface area contributed by atoms with Crippen LogP contribution in [0.4, 0.5) is 0 Å². The lowest BCUT2D eigenvalue weighted by Gasteiger charge is -2.42. The van der Waals surface area contributed by atoms with Crippen molar-refractivity contribution in [3.63, 3.8) is 0 Å². The number of hydrogen-bond donors (Lipinski definition) is 0. The van der Waals surface area contributed by atoms with Crippen LogP contribution in [0, 0.1) is 0 Å². The zero-order chi connectivity index (χ0) is 10.8. The van der Waals surface area contributed by atoms with Gasteiger partial charge in [0.2, 0.25) is 0 Å². The third-order valence-electron chi connectivity index (χ3n) is 3.96. The van der Waals surface area contributed by atoms with Crippen LogP contribution in [-0.2, 0) is 9.47 Å². The van der Waals surface area contributed by atoms with E-state index in [1.165, 1.54) is 32.2 Å². The first-order valence-corrected chi connectivity index (χ1v) is 6.57. The van der Waals surface area contributed by atoms with Gasteiger partial charge in [0, 0.05) is 12.5 Å². The topological polar surface area (TPSA) is 21.7 Å². The summed E-state index contributed by atoms with van der Waals surface area (Å²) in [6.07, 6.45) is 10.8. The third kappa shape index (κ3) is 2.04. The minimum Gasteiger partial charge on any atom is -0.346 e. The van der Waals surface area contributed by atoms with Gasteiger partial charge in [0.25, 0.3) is 0 Å². The average molecular weight is 223 g/mol. The standard InChI is InChI=1S/C13H21NO2/c1-2-5-12(6-3-1)14-8-4-7-13(11-14)15-9-10-16-13/h2,5,12H,1,3-4,6-11H2. The Morgan fingerprint density at radius 2 is 2.06 bits per heavy atom. The molecule has 0 bridgehead atoms. The molecule has 3 rings (SSSR count). The average Bonchev–Trinajstić information content (AvgIpc) is 2.78. The first-order chi connectivity index (χ1) is 7.88. The Labute approximate surface area is 97.4 Å². The molecule has 16 heavy (non-hydrogen) atoms. The summed E-state index contributed by atoms with van der Waals surface area (Å²) in [6, 6.07) is 0.624. The Morgan fingerprint density at radius 1 is 1.19 bits per heavy atom. The van der Waals surface area contributed by atoms with Gasteiger partial charge in [-0.2, -0.15) is 0 Å². The van der Waals surface area contributed by atoms with Crippen LogP contribution < -0.4 is 0 Å². The predicted octanol–water partition coefficient (Wildman–Crippen LogP) is 1.93. The summed E-state index contributed by atoms with van der Waals surface area (Å²) in [4.78, 5) is 2.55. The molecule has 3 heteroatoms. The van der Waals surface area contributed by atoms with Crippen LogP contribution in [0.1, 0.15) is 32.1 Å². The fourth-order valence-electron chi connectivity index (χ4n) is 3.13. The molecule has 0 aromatic carbocycles. The molecular weight excluding hydrogens is 202 g/mol. The predicted molar refractivity (Wildman–Crippen MR) is 62.2 cm³/mol. The Kier molecular flexibility index (Phi) is 3.01. The maximum Gasteiger partial charge on any atom is 0.181 e. The van der Waals surface area contributed by atoms with Crippen molar-refractivity contribution in [2.45, 2.75) is 43.9 Å². The van der Waals surface area contributed by atoms with Gasteiger partial charge in [-0.3, -0.25) is 4.90 Å². The fourth-order valence-corrected chi connectivity index (χ4v) is 3.13. The first kappa shape index (κ1) is 10.8. The highest BCUT2D eigenvalue weighted by Gasteiger charge is 2.41. The third-order valence-corrected chi connectivity index (χ3v) is 3.96. The number of allylic oxidation sites excluding steroid dienone is 1. The van der Waals surface area contributed by atoms with E-state index in [-0.39, 0.29) is 5.79 Å². The lowest BCUT2D eigenvalue weighted by molar-refractivity contribution is -0.192. The molecule has 2 fully saturated rings. The quantitative estimate of drug-likeness (QED) is 0.634. The van der Waals surface area contributed by atoms with Crippen LogP contribution in [0.2, 0.25) is 0 Å². The maximum absolute atomic E-state index is 5.81. The summed E-state index contributed by atoms with van der Waals surface area (Å²) in [7, 11) is 0. The molecule has 1 spiro atoms.